The molecule has 0 radical (unpaired) electrons. The summed E-state index contributed by atoms with van der Waals surface area (Å²) in [7, 11) is 0. The molecule has 1 aliphatic heterocycles. The van der Waals surface area contributed by atoms with Gasteiger partial charge in [0.2, 0.25) is 6.29 Å². The molecule has 3 rings (SSSR count). The van der Waals surface area contributed by atoms with E-state index < -0.39 is 60.4 Å². The van der Waals surface area contributed by atoms with Gasteiger partial charge in [-0.2, -0.15) is 0 Å². The maximum atomic E-state index is 12.3. The van der Waals surface area contributed by atoms with Crippen molar-refractivity contribution in [2.45, 2.75) is 84.8 Å². The first kappa shape index (κ1) is 31.8. The quantitative estimate of drug-likeness (QED) is 0.257. The molecule has 0 spiro atoms. The second-order valence-corrected chi connectivity index (χ2v) is 10.5. The molecular formula is C32H40O9. The summed E-state index contributed by atoms with van der Waals surface area (Å²) in [4.78, 5) is 36.3. The van der Waals surface area contributed by atoms with Crippen molar-refractivity contribution in [3.63, 3.8) is 0 Å². The molecule has 1 N–H and O–H groups in total. The topological polar surface area (TPSA) is 118 Å². The monoisotopic (exact) mass is 568 g/mol. The molecule has 0 fully saturated rings. The number of hydrogen-bond donors (Lipinski definition) is 1. The van der Waals surface area contributed by atoms with Crippen LogP contribution in [-0.2, 0) is 44.7 Å². The Morgan fingerprint density at radius 3 is 2.34 bits per heavy atom. The number of benzene rings is 1. The molecule has 0 saturated heterocycles. The highest BCUT2D eigenvalue weighted by atomic mass is 16.7. The van der Waals surface area contributed by atoms with Crippen molar-refractivity contribution in [1.29, 1.82) is 0 Å². The van der Waals surface area contributed by atoms with E-state index in [0.29, 0.717) is 24.0 Å². The van der Waals surface area contributed by atoms with Gasteiger partial charge in [-0.25, -0.2) is 0 Å². The van der Waals surface area contributed by atoms with Crippen molar-refractivity contribution < 1.29 is 43.2 Å². The molecule has 9 heteroatoms. The minimum absolute atomic E-state index is 0.268. The van der Waals surface area contributed by atoms with Crippen molar-refractivity contribution in [2.24, 2.45) is 11.8 Å². The number of hydrogen-bond acceptors (Lipinski definition) is 9. The third kappa shape index (κ3) is 8.90. The highest BCUT2D eigenvalue weighted by Gasteiger charge is 2.47. The summed E-state index contributed by atoms with van der Waals surface area (Å²) in [6.07, 6.45) is 2.94. The van der Waals surface area contributed by atoms with Gasteiger partial charge < -0.3 is 28.8 Å². The van der Waals surface area contributed by atoms with Crippen LogP contribution in [0.5, 0.6) is 0 Å². The number of allylic oxidation sites excluding steroid dienone is 2. The summed E-state index contributed by atoms with van der Waals surface area (Å²) in [5.74, 6) is -2.88. The van der Waals surface area contributed by atoms with Crippen molar-refractivity contribution in [3.8, 4) is 0 Å². The number of aliphatic hydroxyl groups is 1. The van der Waals surface area contributed by atoms with Crippen LogP contribution in [0.4, 0.5) is 0 Å². The van der Waals surface area contributed by atoms with Gasteiger partial charge in [0.15, 0.2) is 12.2 Å². The Bertz CT molecular complexity index is 1180. The van der Waals surface area contributed by atoms with Gasteiger partial charge in [-0.1, -0.05) is 54.6 Å². The Balaban J connectivity index is 2.02. The molecule has 2 aliphatic rings. The molecule has 0 saturated carbocycles. The Morgan fingerprint density at radius 2 is 1.73 bits per heavy atom. The molecule has 0 amide bonds. The van der Waals surface area contributed by atoms with Crippen molar-refractivity contribution in [2.75, 3.05) is 0 Å². The predicted molar refractivity (Wildman–Crippen MR) is 151 cm³/mol. The van der Waals surface area contributed by atoms with Gasteiger partial charge in [-0.05, 0) is 43.9 Å². The van der Waals surface area contributed by atoms with E-state index in [1.807, 2.05) is 50.3 Å². The largest absolute Gasteiger partial charge is 0.462 e. The number of carbonyl (C=O) groups excluding carboxylic acids is 3. The minimum atomic E-state index is -1.17. The zero-order valence-corrected chi connectivity index (χ0v) is 24.3. The van der Waals surface area contributed by atoms with Crippen molar-refractivity contribution in [1.82, 2.24) is 0 Å². The molecule has 9 nitrogen and oxygen atoms in total. The molecule has 0 unspecified atom stereocenters. The van der Waals surface area contributed by atoms with Crippen LogP contribution in [0.1, 0.15) is 53.0 Å². The third-order valence-corrected chi connectivity index (χ3v) is 6.87. The molecule has 7 atom stereocenters. The van der Waals surface area contributed by atoms with Crippen molar-refractivity contribution >= 4 is 17.9 Å². The normalized spacial score (nSPS) is 26.2. The SMILES string of the molecule is C=C1[C@@H]2[C@H](OC(C)=O)OC=C([C@H](OC(C)=O)[C@@H](C=C(C)C)OC(C)=O)[C@H]2CC/C=C\[C@@H](OCc2ccccc2)[C@H]1O. The lowest BCUT2D eigenvalue weighted by molar-refractivity contribution is -0.184. The average Bonchev–Trinajstić information content (AvgIpc) is 2.95. The standard InChI is InChI=1S/C32H40O9/c1-19(2)16-28(39-21(4)33)31(40-22(5)34)26-18-38-32(41-23(6)35)29-20(3)30(36)27(15-11-10-14-25(26)29)37-17-24-12-8-7-9-13-24/h7-9,11-13,15-16,18,25,27-32,36H,3,10,14,17H2,1-2,4-6H3/b15-11-/t25-,27-,28-,29+,30+,31+,32+/m1/s1. The Kier molecular flexibility index (Phi) is 11.5. The molecular weight excluding hydrogens is 528 g/mol. The predicted octanol–water partition coefficient (Wildman–Crippen LogP) is 4.70. The average molecular weight is 569 g/mol. The van der Waals surface area contributed by atoms with Gasteiger partial charge in [-0.15, -0.1) is 0 Å². The molecule has 0 aromatic heterocycles. The summed E-state index contributed by atoms with van der Waals surface area (Å²) in [5, 5.41) is 11.5. The molecule has 1 aliphatic carbocycles. The highest BCUT2D eigenvalue weighted by molar-refractivity contribution is 5.68. The fourth-order valence-electron chi connectivity index (χ4n) is 5.18. The van der Waals surface area contributed by atoms with Crippen LogP contribution in [0.3, 0.4) is 0 Å². The molecule has 1 aromatic rings. The van der Waals surface area contributed by atoms with Crippen LogP contribution < -0.4 is 0 Å². The smallest absolute Gasteiger partial charge is 0.305 e. The van der Waals surface area contributed by atoms with Gasteiger partial charge in [-0.3, -0.25) is 14.4 Å². The zero-order valence-electron chi connectivity index (χ0n) is 24.3. The van der Waals surface area contributed by atoms with Crippen LogP contribution >= 0.6 is 0 Å². The lowest BCUT2D eigenvalue weighted by atomic mass is 9.73. The summed E-state index contributed by atoms with van der Waals surface area (Å²) < 4.78 is 28.9. The maximum absolute atomic E-state index is 12.3. The van der Waals surface area contributed by atoms with Gasteiger partial charge in [0.05, 0.1) is 18.8 Å². The molecule has 222 valence electrons. The van der Waals surface area contributed by atoms with Crippen LogP contribution in [0.2, 0.25) is 0 Å². The summed E-state index contributed by atoms with van der Waals surface area (Å²) in [5.41, 5.74) is 2.64. The summed E-state index contributed by atoms with van der Waals surface area (Å²) in [6.45, 7) is 12.0. The van der Waals surface area contributed by atoms with E-state index in [2.05, 4.69) is 6.58 Å². The Labute approximate surface area is 241 Å². The number of carbonyl (C=O) groups is 3. The first-order chi connectivity index (χ1) is 19.5. The van der Waals surface area contributed by atoms with Crippen LogP contribution in [0, 0.1) is 11.8 Å². The second kappa shape index (κ2) is 14.8. The first-order valence-corrected chi connectivity index (χ1v) is 13.7. The highest BCUT2D eigenvalue weighted by Crippen LogP contribution is 2.44. The summed E-state index contributed by atoms with van der Waals surface area (Å²) >= 11 is 0. The fraction of sp³-hybridized carbons (Fsp3) is 0.469. The number of aliphatic hydroxyl groups excluding tert-OH is 1. The van der Waals surface area contributed by atoms with E-state index in [-0.39, 0.29) is 6.61 Å². The molecule has 0 bridgehead atoms. The van der Waals surface area contributed by atoms with E-state index in [4.69, 9.17) is 23.7 Å². The molecule has 1 heterocycles. The van der Waals surface area contributed by atoms with Gasteiger partial charge in [0, 0.05) is 32.3 Å². The van der Waals surface area contributed by atoms with Gasteiger partial charge in [0.1, 0.15) is 12.2 Å². The number of esters is 3. The minimum Gasteiger partial charge on any atom is -0.462 e. The van der Waals surface area contributed by atoms with E-state index >= 15 is 0 Å². The Morgan fingerprint density at radius 1 is 1.05 bits per heavy atom. The number of rotatable bonds is 9. The van der Waals surface area contributed by atoms with Gasteiger partial charge in [0.25, 0.3) is 0 Å². The number of fused-ring (bicyclic) bond motifs is 1. The second-order valence-electron chi connectivity index (χ2n) is 10.5. The van der Waals surface area contributed by atoms with Crippen LogP contribution in [-0.4, -0.2) is 53.7 Å². The maximum Gasteiger partial charge on any atom is 0.305 e. The van der Waals surface area contributed by atoms with Crippen molar-refractivity contribution in [3.05, 3.63) is 83.7 Å². The van der Waals surface area contributed by atoms with E-state index in [1.54, 1.807) is 12.2 Å². The van der Waals surface area contributed by atoms with E-state index in [1.165, 1.54) is 27.0 Å². The van der Waals surface area contributed by atoms with E-state index in [9.17, 15) is 19.5 Å². The zero-order chi connectivity index (χ0) is 30.1. The number of ether oxygens (including phenoxy) is 5. The molecule has 1 aromatic carbocycles. The van der Waals surface area contributed by atoms with Crippen LogP contribution in [0.25, 0.3) is 0 Å². The van der Waals surface area contributed by atoms with Crippen LogP contribution in [0.15, 0.2) is 78.1 Å². The molecule has 41 heavy (non-hydrogen) atoms. The fourth-order valence-corrected chi connectivity index (χ4v) is 5.18. The lowest BCUT2D eigenvalue weighted by Gasteiger charge is -2.42. The lowest BCUT2D eigenvalue weighted by Crippen LogP contribution is -2.47. The third-order valence-electron chi connectivity index (χ3n) is 6.87. The Hall–Kier alpha value is -3.69. The van der Waals surface area contributed by atoms with E-state index in [0.717, 1.165) is 11.1 Å². The summed E-state index contributed by atoms with van der Waals surface area (Å²) in [6, 6.07) is 9.59. The van der Waals surface area contributed by atoms with Gasteiger partial charge >= 0.3 is 17.9 Å². The first-order valence-electron chi connectivity index (χ1n) is 13.7.